The molecule has 0 aromatic rings. The van der Waals surface area contributed by atoms with Gasteiger partial charge < -0.3 is 0 Å². The summed E-state index contributed by atoms with van der Waals surface area (Å²) in [6, 6.07) is 0. The van der Waals surface area contributed by atoms with Crippen LogP contribution in [-0.4, -0.2) is 44.7 Å². The van der Waals surface area contributed by atoms with Gasteiger partial charge in [-0.15, -0.1) is 0 Å². The number of rotatable bonds is 2. The van der Waals surface area contributed by atoms with Crippen LogP contribution in [0.5, 0.6) is 0 Å². The first kappa shape index (κ1) is 8.95. The molecule has 1 saturated heterocycles. The first-order valence-electron chi connectivity index (χ1n) is 5.04. The SMILES string of the molecule is C1C[CH]([Bi]2[NH][Bi]([CH]3CCC3)[NH]2)C1. The fraction of sp³-hybridized carbons (Fsp3) is 1.00. The number of hydrogen-bond donors (Lipinski definition) is 2. The second kappa shape index (κ2) is 3.68. The minimum atomic E-state index is -1.11. The van der Waals surface area contributed by atoms with Crippen molar-refractivity contribution in [2.45, 2.75) is 45.8 Å². The molecule has 68 valence electrons. The normalized spacial score (nSPS) is 34.0. The fourth-order valence-corrected chi connectivity index (χ4v) is 51.2. The maximum absolute atomic E-state index is 4.08. The molecule has 2 aliphatic carbocycles. The van der Waals surface area contributed by atoms with Crippen molar-refractivity contribution in [3.8, 4) is 0 Å². The molecule has 0 atom stereocenters. The van der Waals surface area contributed by atoms with Gasteiger partial charge in [-0.1, -0.05) is 0 Å². The van der Waals surface area contributed by atoms with E-state index in [1.54, 1.807) is 25.7 Å². The van der Waals surface area contributed by atoms with Crippen molar-refractivity contribution in [1.82, 2.24) is 2.41 Å². The third-order valence-electron chi connectivity index (χ3n) is 3.31. The van der Waals surface area contributed by atoms with Crippen molar-refractivity contribution < 1.29 is 0 Å². The molecule has 2 saturated carbocycles. The van der Waals surface area contributed by atoms with Crippen LogP contribution in [0.1, 0.15) is 38.5 Å². The summed E-state index contributed by atoms with van der Waals surface area (Å²) in [6.45, 7) is 0. The summed E-state index contributed by atoms with van der Waals surface area (Å²) in [5, 5.41) is 0. The van der Waals surface area contributed by atoms with Crippen LogP contribution in [0.3, 0.4) is 0 Å². The van der Waals surface area contributed by atoms with Crippen LogP contribution >= 0.6 is 0 Å². The molecular formula is C8H16Bi2N2. The van der Waals surface area contributed by atoms with E-state index in [2.05, 4.69) is 2.41 Å². The summed E-state index contributed by atoms with van der Waals surface area (Å²) >= 11 is -2.22. The van der Waals surface area contributed by atoms with Crippen molar-refractivity contribution in [3.63, 3.8) is 0 Å². The van der Waals surface area contributed by atoms with Crippen LogP contribution in [-0.2, 0) is 0 Å². The molecule has 2 nitrogen and oxygen atoms in total. The summed E-state index contributed by atoms with van der Waals surface area (Å²) in [4.78, 5) is 0. The van der Waals surface area contributed by atoms with Gasteiger partial charge in [0.1, 0.15) is 0 Å². The van der Waals surface area contributed by atoms with Gasteiger partial charge in [-0.25, -0.2) is 0 Å². The molecule has 0 spiro atoms. The van der Waals surface area contributed by atoms with E-state index in [4.69, 9.17) is 0 Å². The van der Waals surface area contributed by atoms with Gasteiger partial charge in [0, 0.05) is 0 Å². The van der Waals surface area contributed by atoms with Gasteiger partial charge in [-0.05, 0) is 0 Å². The Bertz CT molecular complexity index is 156. The second-order valence-corrected chi connectivity index (χ2v) is 30.7. The summed E-state index contributed by atoms with van der Waals surface area (Å²) in [7, 11) is 0. The van der Waals surface area contributed by atoms with E-state index in [-0.39, 0.29) is 0 Å². The average molecular weight is 558 g/mol. The van der Waals surface area contributed by atoms with Crippen LogP contribution in [0.25, 0.3) is 0 Å². The first-order valence-corrected chi connectivity index (χ1v) is 16.0. The molecule has 3 aliphatic rings. The summed E-state index contributed by atoms with van der Waals surface area (Å²) < 4.78 is 10.6. The predicted molar refractivity (Wildman–Crippen MR) is 53.0 cm³/mol. The Kier molecular flexibility index (Phi) is 2.75. The van der Waals surface area contributed by atoms with Crippen LogP contribution in [0, 0.1) is 0 Å². The van der Waals surface area contributed by atoms with E-state index >= 15 is 0 Å². The first-order chi connectivity index (χ1) is 5.93. The Hall–Kier alpha value is 1.69. The zero-order valence-electron chi connectivity index (χ0n) is 7.29. The minimum absolute atomic E-state index is 1.11. The topological polar surface area (TPSA) is 24.1 Å². The zero-order chi connectivity index (χ0) is 7.97. The molecule has 0 amide bonds. The Balaban J connectivity index is 1.44. The van der Waals surface area contributed by atoms with E-state index < -0.39 is 44.7 Å². The molecule has 2 N–H and O–H groups in total. The Morgan fingerprint density at radius 2 is 1.17 bits per heavy atom. The zero-order valence-corrected chi connectivity index (χ0v) is 14.2. The third kappa shape index (κ3) is 1.51. The molecular weight excluding hydrogens is 542 g/mol. The van der Waals surface area contributed by atoms with Gasteiger partial charge in [-0.2, -0.15) is 0 Å². The van der Waals surface area contributed by atoms with E-state index in [0.717, 1.165) is 0 Å². The third-order valence-corrected chi connectivity index (χ3v) is 45.8. The maximum atomic E-state index is 4.08. The molecule has 0 aromatic carbocycles. The molecule has 12 heavy (non-hydrogen) atoms. The average Bonchev–Trinajstić information content (AvgIpc) is 1.73. The fourth-order valence-electron chi connectivity index (χ4n) is 1.85. The second-order valence-electron chi connectivity index (χ2n) is 4.11. The van der Waals surface area contributed by atoms with Crippen LogP contribution < -0.4 is 2.41 Å². The van der Waals surface area contributed by atoms with Gasteiger partial charge in [0.05, 0.1) is 0 Å². The molecule has 3 rings (SSSR count). The summed E-state index contributed by atoms with van der Waals surface area (Å²) in [5.74, 6) is 0. The summed E-state index contributed by atoms with van der Waals surface area (Å²) in [5.41, 5.74) is 0. The van der Waals surface area contributed by atoms with Crippen molar-refractivity contribution >= 4 is 44.7 Å². The monoisotopic (exact) mass is 558 g/mol. The van der Waals surface area contributed by atoms with Gasteiger partial charge in [0.2, 0.25) is 0 Å². The van der Waals surface area contributed by atoms with Crippen molar-refractivity contribution in [2.75, 3.05) is 0 Å². The van der Waals surface area contributed by atoms with Gasteiger partial charge in [0.25, 0.3) is 0 Å². The van der Waals surface area contributed by atoms with Gasteiger partial charge >= 0.3 is 92.8 Å². The van der Waals surface area contributed by atoms with Crippen molar-refractivity contribution in [3.05, 3.63) is 0 Å². The molecule has 0 radical (unpaired) electrons. The number of nitrogens with one attached hydrogen (secondary N) is 2. The van der Waals surface area contributed by atoms with Crippen LogP contribution in [0.2, 0.25) is 7.25 Å². The number of hydrogen-bond acceptors (Lipinski definition) is 2. The van der Waals surface area contributed by atoms with Crippen LogP contribution in [0.15, 0.2) is 0 Å². The Morgan fingerprint density at radius 1 is 0.750 bits per heavy atom. The quantitative estimate of drug-likeness (QED) is 0.500. The molecule has 3 fully saturated rings. The van der Waals surface area contributed by atoms with Crippen LogP contribution in [0.4, 0.5) is 0 Å². The Labute approximate surface area is 91.8 Å². The van der Waals surface area contributed by atoms with Crippen molar-refractivity contribution in [2.24, 2.45) is 0 Å². The predicted octanol–water partition coefficient (Wildman–Crippen LogP) is 1.26. The standard InChI is InChI=1S/2C4H7.2Bi.2HN/c2*1-2-4-3-1;;;;/h2*1H,2-4H2;;;2*1H. The molecule has 0 unspecified atom stereocenters. The van der Waals surface area contributed by atoms with E-state index in [0.29, 0.717) is 0 Å². The molecule has 0 aromatic heterocycles. The summed E-state index contributed by atoms with van der Waals surface area (Å²) in [6.07, 6.45) is 9.34. The Morgan fingerprint density at radius 3 is 1.42 bits per heavy atom. The van der Waals surface area contributed by atoms with E-state index in [1.165, 1.54) is 20.1 Å². The molecule has 4 heteroatoms. The van der Waals surface area contributed by atoms with Gasteiger partial charge in [-0.3, -0.25) is 0 Å². The molecule has 1 aliphatic heterocycles. The van der Waals surface area contributed by atoms with Crippen molar-refractivity contribution in [1.29, 1.82) is 0 Å². The van der Waals surface area contributed by atoms with E-state index in [1.807, 2.05) is 0 Å². The van der Waals surface area contributed by atoms with Gasteiger partial charge in [0.15, 0.2) is 0 Å². The van der Waals surface area contributed by atoms with E-state index in [9.17, 15) is 0 Å². The molecule has 0 bridgehead atoms. The molecule has 1 heterocycles.